The van der Waals surface area contributed by atoms with Crippen LogP contribution in [-0.4, -0.2) is 24.3 Å². The quantitative estimate of drug-likeness (QED) is 0.786. The molecular formula is C14H19NO3. The van der Waals surface area contributed by atoms with Crippen LogP contribution in [0.3, 0.4) is 0 Å². The molecule has 1 unspecified atom stereocenters. The van der Waals surface area contributed by atoms with Gasteiger partial charge in [-0.2, -0.15) is 0 Å². The summed E-state index contributed by atoms with van der Waals surface area (Å²) in [6, 6.07) is 6.96. The topological polar surface area (TPSA) is 55.4 Å². The van der Waals surface area contributed by atoms with Crippen molar-refractivity contribution < 1.29 is 14.3 Å². The molecule has 0 aliphatic rings. The number of nitrogens with one attached hydrogen (secondary N) is 1. The van der Waals surface area contributed by atoms with Crippen LogP contribution in [0, 0.1) is 0 Å². The van der Waals surface area contributed by atoms with Gasteiger partial charge in [0, 0.05) is 12.5 Å². The van der Waals surface area contributed by atoms with Crippen molar-refractivity contribution in [3.8, 4) is 5.75 Å². The highest BCUT2D eigenvalue weighted by atomic mass is 16.5. The minimum Gasteiger partial charge on any atom is -0.491 e. The minimum atomic E-state index is -0.208. The van der Waals surface area contributed by atoms with E-state index in [0.29, 0.717) is 5.56 Å². The number of carbonyl (C=O) groups excluding carboxylic acids is 2. The number of hydrogen-bond donors (Lipinski definition) is 1. The zero-order valence-corrected chi connectivity index (χ0v) is 11.0. The minimum absolute atomic E-state index is 0.0287. The Bertz CT molecular complexity index is 412. The summed E-state index contributed by atoms with van der Waals surface area (Å²) in [5, 5.41) is 2.48. The molecule has 0 aromatic heterocycles. The number of rotatable bonds is 6. The summed E-state index contributed by atoms with van der Waals surface area (Å²) < 4.78 is 5.62. The van der Waals surface area contributed by atoms with Gasteiger partial charge in [0.1, 0.15) is 5.75 Å². The number of Topliss-reactive ketones (excluding diaryl/α,β-unsaturated/α-hetero) is 1. The number of ether oxygens (including phenoxy) is 1. The Labute approximate surface area is 107 Å². The third-order valence-corrected chi connectivity index (χ3v) is 2.59. The van der Waals surface area contributed by atoms with Crippen molar-refractivity contribution in [3.63, 3.8) is 0 Å². The highest BCUT2D eigenvalue weighted by Crippen LogP contribution is 2.15. The second-order valence-corrected chi connectivity index (χ2v) is 4.19. The van der Waals surface area contributed by atoms with Gasteiger partial charge in [-0.05, 0) is 37.6 Å². The van der Waals surface area contributed by atoms with E-state index in [1.54, 1.807) is 24.3 Å². The van der Waals surface area contributed by atoms with Gasteiger partial charge in [-0.15, -0.1) is 0 Å². The third kappa shape index (κ3) is 4.57. The van der Waals surface area contributed by atoms with Crippen molar-refractivity contribution in [3.05, 3.63) is 29.8 Å². The predicted octanol–water partition coefficient (Wildman–Crippen LogP) is 2.18. The summed E-state index contributed by atoms with van der Waals surface area (Å²) in [6.07, 6.45) is 1.09. The molecule has 1 rings (SSSR count). The third-order valence-electron chi connectivity index (χ3n) is 2.59. The van der Waals surface area contributed by atoms with Gasteiger partial charge in [-0.1, -0.05) is 6.92 Å². The first-order valence-electron chi connectivity index (χ1n) is 6.07. The van der Waals surface area contributed by atoms with Crippen LogP contribution in [0.5, 0.6) is 5.75 Å². The van der Waals surface area contributed by atoms with E-state index in [0.717, 1.165) is 12.2 Å². The molecule has 1 N–H and O–H groups in total. The molecule has 0 saturated heterocycles. The van der Waals surface area contributed by atoms with Crippen LogP contribution in [-0.2, 0) is 4.79 Å². The fourth-order valence-corrected chi connectivity index (χ4v) is 1.34. The van der Waals surface area contributed by atoms with Gasteiger partial charge in [0.05, 0.1) is 12.6 Å². The largest absolute Gasteiger partial charge is 0.491 e. The van der Waals surface area contributed by atoms with Gasteiger partial charge in [0.2, 0.25) is 5.91 Å². The van der Waals surface area contributed by atoms with E-state index < -0.39 is 0 Å². The first kappa shape index (κ1) is 14.2. The number of hydrogen-bond acceptors (Lipinski definition) is 3. The van der Waals surface area contributed by atoms with Crippen molar-refractivity contribution in [1.29, 1.82) is 0 Å². The Kier molecular flexibility index (Phi) is 5.36. The molecule has 1 aromatic carbocycles. The smallest absolute Gasteiger partial charge is 0.217 e. The first-order valence-corrected chi connectivity index (χ1v) is 6.07. The van der Waals surface area contributed by atoms with Gasteiger partial charge >= 0.3 is 0 Å². The maximum atomic E-state index is 11.7. The highest BCUT2D eigenvalue weighted by molar-refractivity contribution is 5.99. The summed E-state index contributed by atoms with van der Waals surface area (Å²) in [6.45, 7) is 5.46. The molecule has 0 aliphatic heterocycles. The maximum absolute atomic E-state index is 11.7. The molecule has 0 saturated carbocycles. The molecule has 4 nitrogen and oxygen atoms in total. The fraction of sp³-hybridized carbons (Fsp3) is 0.429. The summed E-state index contributed by atoms with van der Waals surface area (Å²) in [4.78, 5) is 22.4. The Morgan fingerprint density at radius 1 is 1.28 bits per heavy atom. The lowest BCUT2D eigenvalue weighted by atomic mass is 10.1. The van der Waals surface area contributed by atoms with Crippen LogP contribution in [0.1, 0.15) is 37.6 Å². The summed E-state index contributed by atoms with van der Waals surface area (Å²) >= 11 is 0. The summed E-state index contributed by atoms with van der Waals surface area (Å²) in [7, 11) is 0. The van der Waals surface area contributed by atoms with Gasteiger partial charge in [-0.25, -0.2) is 0 Å². The van der Waals surface area contributed by atoms with Crippen LogP contribution in [0.4, 0.5) is 0 Å². The lowest BCUT2D eigenvalue weighted by Crippen LogP contribution is -2.27. The van der Waals surface area contributed by atoms with Gasteiger partial charge < -0.3 is 10.1 Å². The Morgan fingerprint density at radius 2 is 1.89 bits per heavy atom. The average Bonchev–Trinajstić information content (AvgIpc) is 2.36. The molecule has 0 bridgehead atoms. The molecule has 1 aromatic rings. The molecule has 1 amide bonds. The SMILES string of the molecule is CCC(C)Oc1ccc(C(=O)CNC(C)=O)cc1. The summed E-state index contributed by atoms with van der Waals surface area (Å²) in [5.74, 6) is 0.431. The van der Waals surface area contributed by atoms with E-state index in [-0.39, 0.29) is 24.3 Å². The Morgan fingerprint density at radius 3 is 2.39 bits per heavy atom. The zero-order chi connectivity index (χ0) is 13.5. The zero-order valence-electron chi connectivity index (χ0n) is 11.0. The van der Waals surface area contributed by atoms with Gasteiger partial charge in [0.25, 0.3) is 0 Å². The predicted molar refractivity (Wildman–Crippen MR) is 69.8 cm³/mol. The van der Waals surface area contributed by atoms with E-state index in [1.807, 2.05) is 6.92 Å². The number of benzene rings is 1. The van der Waals surface area contributed by atoms with E-state index in [2.05, 4.69) is 12.2 Å². The molecule has 0 heterocycles. The number of carbonyl (C=O) groups is 2. The highest BCUT2D eigenvalue weighted by Gasteiger charge is 2.07. The van der Waals surface area contributed by atoms with Crippen LogP contribution in [0.15, 0.2) is 24.3 Å². The molecule has 98 valence electrons. The molecule has 18 heavy (non-hydrogen) atoms. The second-order valence-electron chi connectivity index (χ2n) is 4.19. The maximum Gasteiger partial charge on any atom is 0.217 e. The number of ketones is 1. The standard InChI is InChI=1S/C14H19NO3/c1-4-10(2)18-13-7-5-12(6-8-13)14(17)9-15-11(3)16/h5-8,10H,4,9H2,1-3H3,(H,15,16). The molecular weight excluding hydrogens is 230 g/mol. The van der Waals surface area contributed by atoms with Gasteiger partial charge in [-0.3, -0.25) is 9.59 Å². The molecule has 0 radical (unpaired) electrons. The van der Waals surface area contributed by atoms with Gasteiger partial charge in [0.15, 0.2) is 5.78 Å². The lowest BCUT2D eigenvalue weighted by Gasteiger charge is -2.12. The van der Waals surface area contributed by atoms with Crippen LogP contribution in [0.25, 0.3) is 0 Å². The molecule has 0 fully saturated rings. The van der Waals surface area contributed by atoms with E-state index in [4.69, 9.17) is 4.74 Å². The monoisotopic (exact) mass is 249 g/mol. The molecule has 1 atom stereocenters. The van der Waals surface area contributed by atoms with Crippen LogP contribution in [0.2, 0.25) is 0 Å². The Balaban J connectivity index is 2.59. The van der Waals surface area contributed by atoms with Crippen molar-refractivity contribution in [2.45, 2.75) is 33.3 Å². The van der Waals surface area contributed by atoms with Crippen molar-refractivity contribution >= 4 is 11.7 Å². The number of amides is 1. The lowest BCUT2D eigenvalue weighted by molar-refractivity contribution is -0.118. The summed E-state index contributed by atoms with van der Waals surface area (Å²) in [5.41, 5.74) is 0.570. The fourth-order valence-electron chi connectivity index (χ4n) is 1.34. The van der Waals surface area contributed by atoms with E-state index in [1.165, 1.54) is 6.92 Å². The molecule has 0 aliphatic carbocycles. The molecule has 0 spiro atoms. The average molecular weight is 249 g/mol. The van der Waals surface area contributed by atoms with E-state index >= 15 is 0 Å². The van der Waals surface area contributed by atoms with Crippen molar-refractivity contribution in [2.75, 3.05) is 6.54 Å². The van der Waals surface area contributed by atoms with Crippen molar-refractivity contribution in [1.82, 2.24) is 5.32 Å². The molecule has 4 heteroatoms. The van der Waals surface area contributed by atoms with Crippen molar-refractivity contribution in [2.24, 2.45) is 0 Å². The normalized spacial score (nSPS) is 11.7. The second kappa shape index (κ2) is 6.79. The van der Waals surface area contributed by atoms with Crippen LogP contribution < -0.4 is 10.1 Å². The Hall–Kier alpha value is -1.84. The van der Waals surface area contributed by atoms with Crippen LogP contribution >= 0.6 is 0 Å². The van der Waals surface area contributed by atoms with E-state index in [9.17, 15) is 9.59 Å². The first-order chi connectivity index (χ1) is 8.52.